The molecule has 4 unspecified atom stereocenters. The van der Waals surface area contributed by atoms with E-state index in [9.17, 15) is 0 Å². The Labute approximate surface area is 86.4 Å². The Morgan fingerprint density at radius 3 is 2.71 bits per heavy atom. The first-order valence-electron chi connectivity index (χ1n) is 5.92. The predicted octanol–water partition coefficient (Wildman–Crippen LogP) is 0.881. The molecule has 1 saturated carbocycles. The Balaban J connectivity index is 1.58. The molecule has 0 amide bonds. The smallest absolute Gasteiger partial charge is 0.0704 e. The van der Waals surface area contributed by atoms with Gasteiger partial charge in [-0.25, -0.2) is 0 Å². The van der Waals surface area contributed by atoms with Gasteiger partial charge in [-0.05, 0) is 25.2 Å². The van der Waals surface area contributed by atoms with Gasteiger partial charge in [-0.2, -0.15) is 0 Å². The van der Waals surface area contributed by atoms with Crippen molar-refractivity contribution < 1.29 is 4.74 Å². The van der Waals surface area contributed by atoms with Crippen LogP contribution in [-0.2, 0) is 4.74 Å². The van der Waals surface area contributed by atoms with E-state index in [1.54, 1.807) is 0 Å². The Hall–Kier alpha value is -0.120. The molecule has 2 aliphatic rings. The number of rotatable bonds is 5. The molecule has 1 saturated heterocycles. The van der Waals surface area contributed by atoms with Crippen molar-refractivity contribution >= 4 is 0 Å². The Bertz CT molecular complexity index is 186. The largest absolute Gasteiger partial charge is 0.372 e. The van der Waals surface area contributed by atoms with Gasteiger partial charge in [0.1, 0.15) is 0 Å². The van der Waals surface area contributed by atoms with E-state index in [0.717, 1.165) is 24.9 Å². The highest BCUT2D eigenvalue weighted by molar-refractivity contribution is 4.92. The second kappa shape index (κ2) is 4.60. The lowest BCUT2D eigenvalue weighted by Crippen LogP contribution is -2.30. The zero-order valence-corrected chi connectivity index (χ0v) is 9.04. The van der Waals surface area contributed by atoms with Crippen LogP contribution in [0.1, 0.15) is 32.6 Å². The highest BCUT2D eigenvalue weighted by atomic mass is 16.5. The molecule has 0 radical (unpaired) electrons. The number of hydrogen-bond acceptors (Lipinski definition) is 3. The third-order valence-corrected chi connectivity index (χ3v) is 3.51. The quantitative estimate of drug-likeness (QED) is 0.689. The van der Waals surface area contributed by atoms with E-state index < -0.39 is 0 Å². The first kappa shape index (κ1) is 10.4. The van der Waals surface area contributed by atoms with Gasteiger partial charge in [-0.3, -0.25) is 0 Å². The Morgan fingerprint density at radius 2 is 2.14 bits per heavy atom. The lowest BCUT2D eigenvalue weighted by atomic mass is 10.2. The molecule has 3 heteroatoms. The maximum absolute atomic E-state index is 5.77. The van der Waals surface area contributed by atoms with Crippen LogP contribution in [0.25, 0.3) is 0 Å². The molecule has 0 aromatic carbocycles. The van der Waals surface area contributed by atoms with E-state index in [0.29, 0.717) is 18.8 Å². The van der Waals surface area contributed by atoms with Crippen molar-refractivity contribution in [3.8, 4) is 0 Å². The van der Waals surface area contributed by atoms with Crippen molar-refractivity contribution in [1.29, 1.82) is 0 Å². The van der Waals surface area contributed by atoms with E-state index in [-0.39, 0.29) is 0 Å². The van der Waals surface area contributed by atoms with Crippen molar-refractivity contribution in [3.63, 3.8) is 0 Å². The minimum absolute atomic E-state index is 0.322. The van der Waals surface area contributed by atoms with Crippen LogP contribution in [0.2, 0.25) is 0 Å². The van der Waals surface area contributed by atoms with E-state index in [1.807, 2.05) is 0 Å². The van der Waals surface area contributed by atoms with E-state index in [1.165, 1.54) is 19.3 Å². The summed E-state index contributed by atoms with van der Waals surface area (Å²) in [4.78, 5) is 0. The molecule has 3 N–H and O–H groups in total. The molecule has 1 aliphatic carbocycles. The van der Waals surface area contributed by atoms with Gasteiger partial charge in [0.05, 0.1) is 12.2 Å². The molecular formula is C11H22N2O. The van der Waals surface area contributed by atoms with Gasteiger partial charge in [0.25, 0.3) is 0 Å². The highest BCUT2D eigenvalue weighted by Gasteiger charge is 2.35. The summed E-state index contributed by atoms with van der Waals surface area (Å²) in [5.41, 5.74) is 5.56. The van der Waals surface area contributed by atoms with Crippen LogP contribution < -0.4 is 11.1 Å². The maximum atomic E-state index is 5.77. The van der Waals surface area contributed by atoms with Gasteiger partial charge in [0, 0.05) is 19.1 Å². The van der Waals surface area contributed by atoms with Gasteiger partial charge in [0.2, 0.25) is 0 Å². The summed E-state index contributed by atoms with van der Waals surface area (Å²) in [7, 11) is 0. The van der Waals surface area contributed by atoms with E-state index in [4.69, 9.17) is 10.5 Å². The van der Waals surface area contributed by atoms with Crippen LogP contribution in [0.4, 0.5) is 0 Å². The topological polar surface area (TPSA) is 47.3 Å². The zero-order chi connectivity index (χ0) is 9.97. The standard InChI is InChI=1S/C11H22N2O/c1-2-8-5-11(8)13-7-10-4-3-9(6-12)14-10/h8-11,13H,2-7,12H2,1H3. The SMILES string of the molecule is CCC1CC1NCC1CCC(CN)O1. The van der Waals surface area contributed by atoms with Crippen molar-refractivity contribution in [2.75, 3.05) is 13.1 Å². The lowest BCUT2D eigenvalue weighted by molar-refractivity contribution is 0.0501. The first-order chi connectivity index (χ1) is 6.83. The van der Waals surface area contributed by atoms with Gasteiger partial charge < -0.3 is 15.8 Å². The van der Waals surface area contributed by atoms with Crippen LogP contribution in [0, 0.1) is 5.92 Å². The molecule has 4 atom stereocenters. The number of hydrogen-bond donors (Lipinski definition) is 2. The normalized spacial score (nSPS) is 41.6. The lowest BCUT2D eigenvalue weighted by Gasteiger charge is -2.13. The molecule has 14 heavy (non-hydrogen) atoms. The Morgan fingerprint density at radius 1 is 1.36 bits per heavy atom. The van der Waals surface area contributed by atoms with Crippen LogP contribution in [0.15, 0.2) is 0 Å². The molecule has 3 nitrogen and oxygen atoms in total. The molecule has 0 aromatic rings. The van der Waals surface area contributed by atoms with Crippen molar-refractivity contribution in [3.05, 3.63) is 0 Å². The molecule has 1 heterocycles. The van der Waals surface area contributed by atoms with Crippen LogP contribution in [-0.4, -0.2) is 31.3 Å². The van der Waals surface area contributed by atoms with Crippen molar-refractivity contribution in [2.24, 2.45) is 11.7 Å². The average molecular weight is 198 g/mol. The van der Waals surface area contributed by atoms with Gasteiger partial charge >= 0.3 is 0 Å². The highest BCUT2D eigenvalue weighted by Crippen LogP contribution is 2.33. The summed E-state index contributed by atoms with van der Waals surface area (Å²) in [5.74, 6) is 0.932. The molecular weight excluding hydrogens is 176 g/mol. The molecule has 0 aromatic heterocycles. The second-order valence-electron chi connectivity index (χ2n) is 4.61. The fraction of sp³-hybridized carbons (Fsp3) is 1.00. The summed E-state index contributed by atoms with van der Waals surface area (Å²) < 4.78 is 5.77. The van der Waals surface area contributed by atoms with E-state index >= 15 is 0 Å². The minimum atomic E-state index is 0.322. The fourth-order valence-electron chi connectivity index (χ4n) is 2.34. The third kappa shape index (κ3) is 2.47. The molecule has 0 bridgehead atoms. The molecule has 2 fully saturated rings. The van der Waals surface area contributed by atoms with Crippen LogP contribution in [0.3, 0.4) is 0 Å². The molecule has 82 valence electrons. The van der Waals surface area contributed by atoms with Gasteiger partial charge in [0.15, 0.2) is 0 Å². The summed E-state index contributed by atoms with van der Waals surface area (Å²) >= 11 is 0. The third-order valence-electron chi connectivity index (χ3n) is 3.51. The Kier molecular flexibility index (Phi) is 3.42. The number of ether oxygens (including phenoxy) is 1. The summed E-state index contributed by atoms with van der Waals surface area (Å²) in [6, 6.07) is 0.778. The summed E-state index contributed by atoms with van der Waals surface area (Å²) in [6.45, 7) is 3.97. The average Bonchev–Trinajstić information content (AvgIpc) is 2.83. The summed E-state index contributed by atoms with van der Waals surface area (Å²) in [5, 5.41) is 3.58. The zero-order valence-electron chi connectivity index (χ0n) is 9.04. The monoisotopic (exact) mass is 198 g/mol. The van der Waals surface area contributed by atoms with Crippen molar-refractivity contribution in [1.82, 2.24) is 5.32 Å². The first-order valence-corrected chi connectivity index (χ1v) is 5.92. The number of nitrogens with one attached hydrogen (secondary N) is 1. The summed E-state index contributed by atoms with van der Waals surface area (Å²) in [6.07, 6.45) is 5.74. The van der Waals surface area contributed by atoms with Gasteiger partial charge in [-0.1, -0.05) is 13.3 Å². The maximum Gasteiger partial charge on any atom is 0.0704 e. The van der Waals surface area contributed by atoms with E-state index in [2.05, 4.69) is 12.2 Å². The van der Waals surface area contributed by atoms with Gasteiger partial charge in [-0.15, -0.1) is 0 Å². The van der Waals surface area contributed by atoms with Crippen LogP contribution >= 0.6 is 0 Å². The fourth-order valence-corrected chi connectivity index (χ4v) is 2.34. The molecule has 1 aliphatic heterocycles. The van der Waals surface area contributed by atoms with Crippen LogP contribution in [0.5, 0.6) is 0 Å². The molecule has 0 spiro atoms. The molecule has 2 rings (SSSR count). The second-order valence-corrected chi connectivity index (χ2v) is 4.61. The van der Waals surface area contributed by atoms with Crippen molar-refractivity contribution in [2.45, 2.75) is 50.9 Å². The number of nitrogens with two attached hydrogens (primary N) is 1. The minimum Gasteiger partial charge on any atom is -0.372 e. The predicted molar refractivity (Wildman–Crippen MR) is 57.1 cm³/mol.